The fourth-order valence-electron chi connectivity index (χ4n) is 3.02. The van der Waals surface area contributed by atoms with Gasteiger partial charge < -0.3 is 14.2 Å². The molecule has 3 nitrogen and oxygen atoms in total. The molecule has 0 aliphatic carbocycles. The Morgan fingerprint density at radius 3 is 2.28 bits per heavy atom. The molecule has 3 aromatic carbocycles. The van der Waals surface area contributed by atoms with Gasteiger partial charge in [-0.2, -0.15) is 13.2 Å². The van der Waals surface area contributed by atoms with Crippen molar-refractivity contribution in [1.29, 1.82) is 0 Å². The van der Waals surface area contributed by atoms with Gasteiger partial charge in [0.15, 0.2) is 11.6 Å². The van der Waals surface area contributed by atoms with Crippen LogP contribution in [-0.2, 0) is 11.3 Å². The van der Waals surface area contributed by atoms with Crippen LogP contribution in [-0.4, -0.2) is 19.4 Å². The summed E-state index contributed by atoms with van der Waals surface area (Å²) in [5, 5.41) is 0. The molecule has 32 heavy (non-hydrogen) atoms. The number of alkyl halides is 3. The van der Waals surface area contributed by atoms with Crippen molar-refractivity contribution < 1.29 is 36.2 Å². The Morgan fingerprint density at radius 2 is 1.62 bits per heavy atom. The fraction of sp³-hybridized carbons (Fsp3) is 0.250. The topological polar surface area (TPSA) is 27.7 Å². The Balaban J connectivity index is 1.64. The largest absolute Gasteiger partial charge is 0.494 e. The lowest BCUT2D eigenvalue weighted by molar-refractivity contribution is -0.163. The summed E-state index contributed by atoms with van der Waals surface area (Å²) in [4.78, 5) is 0. The highest BCUT2D eigenvalue weighted by Crippen LogP contribution is 2.36. The zero-order valence-corrected chi connectivity index (χ0v) is 17.2. The molecule has 0 amide bonds. The molecule has 0 spiro atoms. The summed E-state index contributed by atoms with van der Waals surface area (Å²) < 4.78 is 83.5. The van der Waals surface area contributed by atoms with Crippen LogP contribution in [0, 0.1) is 11.6 Å². The summed E-state index contributed by atoms with van der Waals surface area (Å²) >= 11 is 0. The molecule has 0 heterocycles. The van der Waals surface area contributed by atoms with E-state index >= 15 is 0 Å². The van der Waals surface area contributed by atoms with E-state index in [-0.39, 0.29) is 23.7 Å². The number of rotatable bonds is 9. The minimum Gasteiger partial charge on any atom is -0.494 e. The molecule has 8 heteroatoms. The van der Waals surface area contributed by atoms with Crippen LogP contribution in [0.2, 0.25) is 0 Å². The molecule has 3 rings (SSSR count). The third kappa shape index (κ3) is 6.43. The SMILES string of the molecule is CCOc1ccc(C(COCc2cccc(Oc3ccc(F)cc3F)c2)C(F)(F)F)cc1. The van der Waals surface area contributed by atoms with Gasteiger partial charge in [-0.15, -0.1) is 0 Å². The Bertz CT molecular complexity index is 1020. The molecule has 1 unspecified atom stereocenters. The van der Waals surface area contributed by atoms with Crippen molar-refractivity contribution in [2.45, 2.75) is 25.6 Å². The zero-order valence-electron chi connectivity index (χ0n) is 17.2. The van der Waals surface area contributed by atoms with Crippen molar-refractivity contribution in [2.75, 3.05) is 13.2 Å². The highest BCUT2D eigenvalue weighted by molar-refractivity contribution is 5.35. The van der Waals surface area contributed by atoms with E-state index in [0.29, 0.717) is 24.0 Å². The monoisotopic (exact) mass is 452 g/mol. The lowest BCUT2D eigenvalue weighted by Crippen LogP contribution is -2.25. The highest BCUT2D eigenvalue weighted by atomic mass is 19.4. The Kier molecular flexibility index (Phi) is 7.69. The molecule has 0 saturated heterocycles. The molecule has 0 radical (unpaired) electrons. The van der Waals surface area contributed by atoms with E-state index in [4.69, 9.17) is 14.2 Å². The molecular weight excluding hydrogens is 431 g/mol. The van der Waals surface area contributed by atoms with Gasteiger partial charge in [0.25, 0.3) is 0 Å². The fourth-order valence-corrected chi connectivity index (χ4v) is 3.02. The van der Waals surface area contributed by atoms with E-state index in [9.17, 15) is 22.0 Å². The third-order valence-corrected chi connectivity index (χ3v) is 4.56. The van der Waals surface area contributed by atoms with E-state index in [1.54, 1.807) is 25.1 Å². The van der Waals surface area contributed by atoms with E-state index in [0.717, 1.165) is 12.1 Å². The van der Waals surface area contributed by atoms with Crippen LogP contribution in [0.15, 0.2) is 66.7 Å². The Hall–Kier alpha value is -3.13. The first kappa shape index (κ1) is 23.5. The molecule has 0 bridgehead atoms. The standard InChI is InChI=1S/C24H21F5O3/c1-2-31-19-9-6-17(7-10-19)21(24(27,28)29)15-30-14-16-4-3-5-20(12-16)32-23-11-8-18(25)13-22(23)26/h3-13,21H,2,14-15H2,1H3. The molecule has 3 aromatic rings. The Labute approximate surface area is 182 Å². The molecule has 0 aliphatic rings. The smallest absolute Gasteiger partial charge is 0.397 e. The van der Waals surface area contributed by atoms with Crippen molar-refractivity contribution in [3.8, 4) is 17.2 Å². The van der Waals surface area contributed by atoms with Gasteiger partial charge in [0.05, 0.1) is 19.8 Å². The number of hydrogen-bond acceptors (Lipinski definition) is 3. The lowest BCUT2D eigenvalue weighted by Gasteiger charge is -2.21. The number of ether oxygens (including phenoxy) is 3. The molecule has 0 fully saturated rings. The highest BCUT2D eigenvalue weighted by Gasteiger charge is 2.40. The normalized spacial score (nSPS) is 12.4. The van der Waals surface area contributed by atoms with E-state index in [1.807, 2.05) is 0 Å². The maximum absolute atomic E-state index is 13.8. The van der Waals surface area contributed by atoms with Crippen LogP contribution in [0.4, 0.5) is 22.0 Å². The first-order valence-corrected chi connectivity index (χ1v) is 9.85. The maximum atomic E-state index is 13.8. The molecule has 170 valence electrons. The van der Waals surface area contributed by atoms with Gasteiger partial charge in [-0.25, -0.2) is 8.78 Å². The van der Waals surface area contributed by atoms with E-state index < -0.39 is 30.3 Å². The average Bonchev–Trinajstić information content (AvgIpc) is 2.74. The summed E-state index contributed by atoms with van der Waals surface area (Å²) in [5.41, 5.74) is 0.613. The Morgan fingerprint density at radius 1 is 0.875 bits per heavy atom. The minimum atomic E-state index is -4.49. The number of benzene rings is 3. The van der Waals surface area contributed by atoms with Crippen LogP contribution in [0.3, 0.4) is 0 Å². The lowest BCUT2D eigenvalue weighted by atomic mass is 9.99. The van der Waals surface area contributed by atoms with Crippen LogP contribution in [0.5, 0.6) is 17.2 Å². The van der Waals surface area contributed by atoms with Crippen LogP contribution < -0.4 is 9.47 Å². The molecule has 0 N–H and O–H groups in total. The quantitative estimate of drug-likeness (QED) is 0.327. The summed E-state index contributed by atoms with van der Waals surface area (Å²) in [6.45, 7) is 1.53. The second-order valence-corrected chi connectivity index (χ2v) is 6.94. The van der Waals surface area contributed by atoms with Crippen LogP contribution in [0.25, 0.3) is 0 Å². The van der Waals surface area contributed by atoms with E-state index in [2.05, 4.69) is 0 Å². The molecule has 1 atom stereocenters. The first-order valence-electron chi connectivity index (χ1n) is 9.85. The van der Waals surface area contributed by atoms with Gasteiger partial charge in [0.2, 0.25) is 0 Å². The average molecular weight is 452 g/mol. The minimum absolute atomic E-state index is 0.0739. The predicted octanol–water partition coefficient (Wildman–Crippen LogP) is 7.02. The van der Waals surface area contributed by atoms with Crippen molar-refractivity contribution in [3.63, 3.8) is 0 Å². The summed E-state index contributed by atoms with van der Waals surface area (Å²) in [6, 6.07) is 14.9. The molecular formula is C24H21F5O3. The number of hydrogen-bond donors (Lipinski definition) is 0. The van der Waals surface area contributed by atoms with Gasteiger partial charge in [-0.3, -0.25) is 0 Å². The van der Waals surface area contributed by atoms with Gasteiger partial charge in [-0.1, -0.05) is 24.3 Å². The van der Waals surface area contributed by atoms with Gasteiger partial charge in [0.1, 0.15) is 23.2 Å². The van der Waals surface area contributed by atoms with Crippen LogP contribution in [0.1, 0.15) is 24.0 Å². The summed E-state index contributed by atoms with van der Waals surface area (Å²) in [7, 11) is 0. The van der Waals surface area contributed by atoms with Crippen molar-refractivity contribution >= 4 is 0 Å². The summed E-state index contributed by atoms with van der Waals surface area (Å²) in [5.74, 6) is -2.83. The van der Waals surface area contributed by atoms with Gasteiger partial charge in [-0.05, 0) is 54.4 Å². The second kappa shape index (κ2) is 10.5. The van der Waals surface area contributed by atoms with E-state index in [1.165, 1.54) is 30.3 Å². The van der Waals surface area contributed by atoms with Gasteiger partial charge >= 0.3 is 6.18 Å². The van der Waals surface area contributed by atoms with Gasteiger partial charge in [0, 0.05) is 6.07 Å². The third-order valence-electron chi connectivity index (χ3n) is 4.56. The van der Waals surface area contributed by atoms with Crippen molar-refractivity contribution in [2.24, 2.45) is 0 Å². The molecule has 0 aromatic heterocycles. The maximum Gasteiger partial charge on any atom is 0.397 e. The van der Waals surface area contributed by atoms with Crippen molar-refractivity contribution in [1.82, 2.24) is 0 Å². The predicted molar refractivity (Wildman–Crippen MR) is 109 cm³/mol. The summed E-state index contributed by atoms with van der Waals surface area (Å²) in [6.07, 6.45) is -4.49. The molecule has 0 saturated carbocycles. The first-order chi connectivity index (χ1) is 15.3. The second-order valence-electron chi connectivity index (χ2n) is 6.94. The zero-order chi connectivity index (χ0) is 23.1. The number of halogens is 5. The molecule has 0 aliphatic heterocycles. The van der Waals surface area contributed by atoms with Crippen LogP contribution >= 0.6 is 0 Å². The van der Waals surface area contributed by atoms with Crippen molar-refractivity contribution in [3.05, 3.63) is 89.5 Å².